The molecule has 0 N–H and O–H groups in total. The van der Waals surface area contributed by atoms with Crippen LogP contribution in [0.2, 0.25) is 0 Å². The molecule has 2 aliphatic rings. The molecule has 4 rings (SSSR count). The van der Waals surface area contributed by atoms with E-state index in [0.717, 1.165) is 6.42 Å². The maximum atomic E-state index is 3.60. The van der Waals surface area contributed by atoms with Gasteiger partial charge in [0.1, 0.15) is 0 Å². The fourth-order valence-electron chi connectivity index (χ4n) is 3.26. The summed E-state index contributed by atoms with van der Waals surface area (Å²) >= 11 is 3.60. The molecule has 0 radical (unpaired) electrons. The van der Waals surface area contributed by atoms with Crippen LogP contribution in [0.3, 0.4) is 0 Å². The Labute approximate surface area is 115 Å². The molecule has 0 unspecified atom stereocenters. The zero-order chi connectivity index (χ0) is 12.1. The number of hydrogen-bond acceptors (Lipinski definition) is 0. The average Bonchev–Trinajstić information content (AvgIpc) is 2.77. The fourth-order valence-corrected chi connectivity index (χ4v) is 3.62. The molecule has 0 heterocycles. The second-order valence-corrected chi connectivity index (χ2v) is 6.03. The Bertz CT molecular complexity index is 680. The molecule has 0 amide bonds. The van der Waals surface area contributed by atoms with Gasteiger partial charge in [-0.25, -0.2) is 0 Å². The lowest BCUT2D eigenvalue weighted by Crippen LogP contribution is -2.02. The quantitative estimate of drug-likeness (QED) is 0.658. The lowest BCUT2D eigenvalue weighted by Gasteiger charge is -2.19. The summed E-state index contributed by atoms with van der Waals surface area (Å²) in [5.41, 5.74) is 9.01. The first-order valence-corrected chi connectivity index (χ1v) is 7.21. The first-order valence-electron chi connectivity index (χ1n) is 6.42. The van der Waals surface area contributed by atoms with Crippen LogP contribution in [-0.2, 0) is 12.8 Å². The highest BCUT2D eigenvalue weighted by molar-refractivity contribution is 9.10. The SMILES string of the molecule is Brc1ccc2c(c1)C1=C(CCc3ccccc31)C2. The van der Waals surface area contributed by atoms with Gasteiger partial charge in [0.25, 0.3) is 0 Å². The fraction of sp³-hybridized carbons (Fsp3) is 0.176. The van der Waals surface area contributed by atoms with Gasteiger partial charge in [-0.15, -0.1) is 0 Å². The molecular weight excluding hydrogens is 284 g/mol. The number of fused-ring (bicyclic) bond motifs is 4. The smallest absolute Gasteiger partial charge is 0.0181 e. The molecule has 1 heteroatoms. The van der Waals surface area contributed by atoms with E-state index >= 15 is 0 Å². The van der Waals surface area contributed by atoms with Crippen molar-refractivity contribution >= 4 is 21.5 Å². The standard InChI is InChI=1S/C17H13Br/c18-14-8-7-12-9-13-6-5-11-3-1-2-4-15(11)17(13)16(12)10-14/h1-4,7-8,10H,5-6,9H2. The van der Waals surface area contributed by atoms with E-state index in [-0.39, 0.29) is 0 Å². The van der Waals surface area contributed by atoms with Gasteiger partial charge in [-0.1, -0.05) is 51.8 Å². The molecule has 0 spiro atoms. The molecule has 0 fully saturated rings. The summed E-state index contributed by atoms with van der Waals surface area (Å²) < 4.78 is 1.18. The minimum absolute atomic E-state index is 1.15. The summed E-state index contributed by atoms with van der Waals surface area (Å²) in [5.74, 6) is 0. The Morgan fingerprint density at radius 2 is 1.72 bits per heavy atom. The molecule has 88 valence electrons. The zero-order valence-electron chi connectivity index (χ0n) is 10.0. The van der Waals surface area contributed by atoms with Crippen molar-refractivity contribution in [2.45, 2.75) is 19.3 Å². The molecule has 18 heavy (non-hydrogen) atoms. The van der Waals surface area contributed by atoms with E-state index in [2.05, 4.69) is 58.4 Å². The number of halogens is 1. The molecule has 0 nitrogen and oxygen atoms in total. The molecule has 2 aliphatic carbocycles. The largest absolute Gasteiger partial charge is 0.0620 e. The molecule has 0 atom stereocenters. The van der Waals surface area contributed by atoms with Gasteiger partial charge in [0.2, 0.25) is 0 Å². The van der Waals surface area contributed by atoms with Crippen molar-refractivity contribution in [1.82, 2.24) is 0 Å². The summed E-state index contributed by atoms with van der Waals surface area (Å²) in [6.45, 7) is 0. The van der Waals surface area contributed by atoms with Crippen molar-refractivity contribution in [1.29, 1.82) is 0 Å². The maximum Gasteiger partial charge on any atom is 0.0181 e. The first kappa shape index (κ1) is 10.6. The van der Waals surface area contributed by atoms with Gasteiger partial charge < -0.3 is 0 Å². The van der Waals surface area contributed by atoms with E-state index in [4.69, 9.17) is 0 Å². The van der Waals surface area contributed by atoms with Gasteiger partial charge >= 0.3 is 0 Å². The predicted octanol–water partition coefficient (Wildman–Crippen LogP) is 4.75. The Kier molecular flexibility index (Phi) is 2.25. The summed E-state index contributed by atoms with van der Waals surface area (Å²) in [6.07, 6.45) is 3.56. The Morgan fingerprint density at radius 3 is 2.67 bits per heavy atom. The van der Waals surface area contributed by atoms with Gasteiger partial charge in [0, 0.05) is 4.47 Å². The summed E-state index contributed by atoms with van der Waals surface area (Å²) in [7, 11) is 0. The third-order valence-electron chi connectivity index (χ3n) is 4.08. The van der Waals surface area contributed by atoms with Crippen LogP contribution in [0.1, 0.15) is 28.7 Å². The highest BCUT2D eigenvalue weighted by Crippen LogP contribution is 2.44. The van der Waals surface area contributed by atoms with E-state index in [1.807, 2.05) is 0 Å². The van der Waals surface area contributed by atoms with E-state index < -0.39 is 0 Å². The van der Waals surface area contributed by atoms with Crippen LogP contribution < -0.4 is 0 Å². The highest BCUT2D eigenvalue weighted by atomic mass is 79.9. The van der Waals surface area contributed by atoms with Gasteiger partial charge in [0.05, 0.1) is 0 Å². The van der Waals surface area contributed by atoms with Gasteiger partial charge in [-0.3, -0.25) is 0 Å². The zero-order valence-corrected chi connectivity index (χ0v) is 11.6. The van der Waals surface area contributed by atoms with Crippen LogP contribution in [0.25, 0.3) is 5.57 Å². The Hall–Kier alpha value is -1.34. The maximum absolute atomic E-state index is 3.60. The normalized spacial score (nSPS) is 16.3. The van der Waals surface area contributed by atoms with E-state index in [1.54, 1.807) is 5.57 Å². The van der Waals surface area contributed by atoms with Crippen LogP contribution in [0.4, 0.5) is 0 Å². The van der Waals surface area contributed by atoms with Gasteiger partial charge in [-0.05, 0) is 59.2 Å². The molecule has 0 saturated carbocycles. The molecule has 2 aromatic carbocycles. The number of aryl methyl sites for hydroxylation is 1. The molecule has 0 saturated heterocycles. The summed E-state index contributed by atoms with van der Waals surface area (Å²) in [5, 5.41) is 0. The van der Waals surface area contributed by atoms with Crippen molar-refractivity contribution in [3.63, 3.8) is 0 Å². The van der Waals surface area contributed by atoms with E-state index in [1.165, 1.54) is 45.1 Å². The minimum atomic E-state index is 1.15. The lowest BCUT2D eigenvalue weighted by atomic mass is 9.85. The lowest BCUT2D eigenvalue weighted by molar-refractivity contribution is 0.896. The molecule has 0 aliphatic heterocycles. The third kappa shape index (κ3) is 1.44. The second kappa shape index (κ2) is 3.83. The third-order valence-corrected chi connectivity index (χ3v) is 4.57. The van der Waals surface area contributed by atoms with Crippen molar-refractivity contribution in [2.24, 2.45) is 0 Å². The van der Waals surface area contributed by atoms with Crippen molar-refractivity contribution in [2.75, 3.05) is 0 Å². The van der Waals surface area contributed by atoms with Crippen LogP contribution in [-0.4, -0.2) is 0 Å². The average molecular weight is 297 g/mol. The van der Waals surface area contributed by atoms with Gasteiger partial charge in [0.15, 0.2) is 0 Å². The van der Waals surface area contributed by atoms with Crippen molar-refractivity contribution in [3.8, 4) is 0 Å². The summed E-state index contributed by atoms with van der Waals surface area (Å²) in [6, 6.07) is 15.6. The van der Waals surface area contributed by atoms with Gasteiger partial charge in [-0.2, -0.15) is 0 Å². The monoisotopic (exact) mass is 296 g/mol. The summed E-state index contributed by atoms with van der Waals surface area (Å²) in [4.78, 5) is 0. The van der Waals surface area contributed by atoms with E-state index in [9.17, 15) is 0 Å². The van der Waals surface area contributed by atoms with Crippen LogP contribution in [0.5, 0.6) is 0 Å². The van der Waals surface area contributed by atoms with Crippen LogP contribution in [0.15, 0.2) is 52.5 Å². The number of allylic oxidation sites excluding steroid dienone is 1. The van der Waals surface area contributed by atoms with Crippen molar-refractivity contribution in [3.05, 3.63) is 74.8 Å². The van der Waals surface area contributed by atoms with E-state index in [0.29, 0.717) is 0 Å². The predicted molar refractivity (Wildman–Crippen MR) is 78.6 cm³/mol. The highest BCUT2D eigenvalue weighted by Gasteiger charge is 2.27. The number of rotatable bonds is 0. The van der Waals surface area contributed by atoms with Crippen LogP contribution >= 0.6 is 15.9 Å². The topological polar surface area (TPSA) is 0 Å². The van der Waals surface area contributed by atoms with Crippen LogP contribution in [0, 0.1) is 0 Å². The molecular formula is C17H13Br. The number of benzene rings is 2. The minimum Gasteiger partial charge on any atom is -0.0620 e. The second-order valence-electron chi connectivity index (χ2n) is 5.11. The van der Waals surface area contributed by atoms with Crippen molar-refractivity contribution < 1.29 is 0 Å². The number of hydrogen-bond donors (Lipinski definition) is 0. The molecule has 2 aromatic rings. The first-order chi connectivity index (χ1) is 8.83. The molecule has 0 aromatic heterocycles. The Morgan fingerprint density at radius 1 is 0.833 bits per heavy atom. The Balaban J connectivity index is 1.99. The molecule has 0 bridgehead atoms.